The van der Waals surface area contributed by atoms with Crippen LogP contribution in [0.3, 0.4) is 0 Å². The van der Waals surface area contributed by atoms with Crippen molar-refractivity contribution >= 4 is 5.97 Å². The number of aliphatic carboxylic acids is 1. The van der Waals surface area contributed by atoms with Crippen LogP contribution in [0.1, 0.15) is 43.7 Å². The van der Waals surface area contributed by atoms with Gasteiger partial charge in [0.15, 0.2) is 11.5 Å². The summed E-state index contributed by atoms with van der Waals surface area (Å²) in [5.41, 5.74) is 2.09. The molecule has 108 valence electrons. The van der Waals surface area contributed by atoms with Gasteiger partial charge in [0, 0.05) is 17.4 Å². The number of hydrogen-bond acceptors (Lipinski definition) is 3. The Labute approximate surface area is 118 Å². The second kappa shape index (κ2) is 5.00. The van der Waals surface area contributed by atoms with Crippen molar-refractivity contribution in [2.45, 2.75) is 44.4 Å². The summed E-state index contributed by atoms with van der Waals surface area (Å²) in [7, 11) is 0. The maximum Gasteiger partial charge on any atom is 0.304 e. The van der Waals surface area contributed by atoms with Gasteiger partial charge < -0.3 is 14.6 Å². The molecule has 1 heterocycles. The number of carboxylic acid groups (broad SMARTS) is 1. The van der Waals surface area contributed by atoms with Crippen molar-refractivity contribution in [3.63, 3.8) is 0 Å². The molecule has 1 fully saturated rings. The summed E-state index contributed by atoms with van der Waals surface area (Å²) in [5, 5.41) is 9.14. The summed E-state index contributed by atoms with van der Waals surface area (Å²) >= 11 is 0. The van der Waals surface area contributed by atoms with Gasteiger partial charge in [-0.15, -0.1) is 0 Å². The zero-order valence-electron chi connectivity index (χ0n) is 11.8. The van der Waals surface area contributed by atoms with E-state index >= 15 is 0 Å². The molecular formula is C16H20O4. The van der Waals surface area contributed by atoms with Crippen LogP contribution >= 0.6 is 0 Å². The van der Waals surface area contributed by atoms with Crippen LogP contribution in [0.5, 0.6) is 11.5 Å². The van der Waals surface area contributed by atoms with E-state index in [1.165, 1.54) is 0 Å². The Kier molecular flexibility index (Phi) is 3.32. The van der Waals surface area contributed by atoms with Crippen molar-refractivity contribution < 1.29 is 19.4 Å². The zero-order valence-corrected chi connectivity index (χ0v) is 11.8. The third kappa shape index (κ3) is 2.23. The van der Waals surface area contributed by atoms with E-state index in [2.05, 4.69) is 6.92 Å². The molecule has 20 heavy (non-hydrogen) atoms. The molecule has 1 aliphatic carbocycles. The summed E-state index contributed by atoms with van der Waals surface area (Å²) in [6, 6.07) is 3.99. The van der Waals surface area contributed by atoms with Gasteiger partial charge >= 0.3 is 5.97 Å². The van der Waals surface area contributed by atoms with Gasteiger partial charge in [0.2, 0.25) is 0 Å². The second-order valence-electron chi connectivity index (χ2n) is 5.67. The minimum absolute atomic E-state index is 0.179. The predicted octanol–water partition coefficient (Wildman–Crippen LogP) is 2.92. The second-order valence-corrected chi connectivity index (χ2v) is 5.67. The molecule has 4 heteroatoms. The molecule has 0 atom stereocenters. The van der Waals surface area contributed by atoms with Crippen LogP contribution in [0.15, 0.2) is 12.1 Å². The van der Waals surface area contributed by atoms with Gasteiger partial charge in [-0.1, -0.05) is 13.0 Å². The Morgan fingerprint density at radius 3 is 2.70 bits per heavy atom. The molecule has 0 radical (unpaired) electrons. The topological polar surface area (TPSA) is 55.8 Å². The fraction of sp³-hybridized carbons (Fsp3) is 0.562. The van der Waals surface area contributed by atoms with Gasteiger partial charge in [-0.2, -0.15) is 0 Å². The summed E-state index contributed by atoms with van der Waals surface area (Å²) < 4.78 is 11.6. The largest absolute Gasteiger partial charge is 0.490 e. The Morgan fingerprint density at radius 2 is 2.05 bits per heavy atom. The smallest absolute Gasteiger partial charge is 0.304 e. The Bertz CT molecular complexity index is 532. The summed E-state index contributed by atoms with van der Waals surface area (Å²) in [5.74, 6) is 0.907. The first-order valence-electron chi connectivity index (χ1n) is 7.30. The number of carboxylic acids is 1. The summed E-state index contributed by atoms with van der Waals surface area (Å²) in [4.78, 5) is 11.1. The molecule has 1 N–H and O–H groups in total. The highest BCUT2D eigenvalue weighted by Crippen LogP contribution is 2.54. The SMILES string of the molecule is CCc1c(C2(CC(=O)O)CC2)ccc2c1OCCCO2. The maximum absolute atomic E-state index is 11.1. The average Bonchev–Trinajstić information content (AvgIpc) is 3.20. The third-order valence-corrected chi connectivity index (χ3v) is 4.29. The average molecular weight is 276 g/mol. The molecular weight excluding hydrogens is 256 g/mol. The van der Waals surface area contributed by atoms with Crippen LogP contribution in [-0.2, 0) is 16.6 Å². The molecule has 1 aromatic carbocycles. The Balaban J connectivity index is 2.04. The molecule has 3 rings (SSSR count). The van der Waals surface area contributed by atoms with Gasteiger partial charge in [-0.3, -0.25) is 4.79 Å². The highest BCUT2D eigenvalue weighted by atomic mass is 16.5. The van der Waals surface area contributed by atoms with Crippen molar-refractivity contribution in [3.8, 4) is 11.5 Å². The highest BCUT2D eigenvalue weighted by Gasteiger charge is 2.47. The summed E-state index contributed by atoms with van der Waals surface area (Å²) in [6.07, 6.45) is 3.83. The number of benzene rings is 1. The molecule has 2 aliphatic rings. The highest BCUT2D eigenvalue weighted by molar-refractivity contribution is 5.71. The number of rotatable bonds is 4. The molecule has 1 aromatic rings. The van der Waals surface area contributed by atoms with Gasteiger partial charge in [-0.05, 0) is 30.9 Å². The minimum atomic E-state index is -0.725. The Morgan fingerprint density at radius 1 is 1.30 bits per heavy atom. The number of hydrogen-bond donors (Lipinski definition) is 1. The van der Waals surface area contributed by atoms with E-state index < -0.39 is 5.97 Å². The molecule has 0 bridgehead atoms. The third-order valence-electron chi connectivity index (χ3n) is 4.29. The fourth-order valence-corrected chi connectivity index (χ4v) is 3.12. The van der Waals surface area contributed by atoms with Crippen molar-refractivity contribution in [1.82, 2.24) is 0 Å². The standard InChI is InChI=1S/C16H20O4/c1-2-11-12(16(6-7-16)10-14(17)18)4-5-13-15(11)20-9-3-8-19-13/h4-5H,2-3,6-10H2,1H3,(H,17,18). The molecule has 0 unspecified atom stereocenters. The van der Waals surface area contributed by atoms with Gasteiger partial charge in [-0.25, -0.2) is 0 Å². The van der Waals surface area contributed by atoms with E-state index in [1.807, 2.05) is 12.1 Å². The molecule has 1 saturated carbocycles. The van der Waals surface area contributed by atoms with Crippen molar-refractivity contribution in [2.75, 3.05) is 13.2 Å². The molecule has 1 aliphatic heterocycles. The van der Waals surface area contributed by atoms with Crippen LogP contribution in [0.25, 0.3) is 0 Å². The minimum Gasteiger partial charge on any atom is -0.490 e. The van der Waals surface area contributed by atoms with Crippen LogP contribution in [0, 0.1) is 0 Å². The van der Waals surface area contributed by atoms with E-state index in [9.17, 15) is 4.79 Å². The van der Waals surface area contributed by atoms with Gasteiger partial charge in [0.1, 0.15) is 0 Å². The molecule has 4 nitrogen and oxygen atoms in total. The number of fused-ring (bicyclic) bond motifs is 1. The van der Waals surface area contributed by atoms with Crippen LogP contribution in [0.4, 0.5) is 0 Å². The van der Waals surface area contributed by atoms with E-state index in [-0.39, 0.29) is 11.8 Å². The first-order chi connectivity index (χ1) is 9.66. The van der Waals surface area contributed by atoms with Crippen molar-refractivity contribution in [2.24, 2.45) is 0 Å². The lowest BCUT2D eigenvalue weighted by molar-refractivity contribution is -0.137. The lowest BCUT2D eigenvalue weighted by atomic mass is 9.87. The normalized spacial score (nSPS) is 19.2. The first kappa shape index (κ1) is 13.3. The maximum atomic E-state index is 11.1. The van der Waals surface area contributed by atoms with E-state index in [0.717, 1.165) is 48.3 Å². The van der Waals surface area contributed by atoms with Gasteiger partial charge in [0.05, 0.1) is 19.6 Å². The molecule has 0 amide bonds. The van der Waals surface area contributed by atoms with E-state index in [4.69, 9.17) is 14.6 Å². The fourth-order valence-electron chi connectivity index (χ4n) is 3.12. The molecule has 0 aromatic heterocycles. The molecule has 0 saturated heterocycles. The zero-order chi connectivity index (χ0) is 14.2. The van der Waals surface area contributed by atoms with E-state index in [0.29, 0.717) is 13.2 Å². The van der Waals surface area contributed by atoms with Crippen LogP contribution in [0.2, 0.25) is 0 Å². The van der Waals surface area contributed by atoms with Crippen LogP contribution < -0.4 is 9.47 Å². The van der Waals surface area contributed by atoms with Crippen LogP contribution in [-0.4, -0.2) is 24.3 Å². The quantitative estimate of drug-likeness (QED) is 0.918. The van der Waals surface area contributed by atoms with Crippen molar-refractivity contribution in [1.29, 1.82) is 0 Å². The number of carbonyl (C=O) groups is 1. The molecule has 0 spiro atoms. The lowest BCUT2D eigenvalue weighted by Crippen LogP contribution is -2.16. The lowest BCUT2D eigenvalue weighted by Gasteiger charge is -2.21. The number of ether oxygens (including phenoxy) is 2. The van der Waals surface area contributed by atoms with E-state index in [1.54, 1.807) is 0 Å². The summed E-state index contributed by atoms with van der Waals surface area (Å²) in [6.45, 7) is 3.43. The monoisotopic (exact) mass is 276 g/mol. The predicted molar refractivity (Wildman–Crippen MR) is 74.6 cm³/mol. The van der Waals surface area contributed by atoms with Gasteiger partial charge in [0.25, 0.3) is 0 Å². The Hall–Kier alpha value is -1.71. The first-order valence-corrected chi connectivity index (χ1v) is 7.30. The van der Waals surface area contributed by atoms with Crippen molar-refractivity contribution in [3.05, 3.63) is 23.3 Å².